The zero-order valence-electron chi connectivity index (χ0n) is 28.0. The Labute approximate surface area is 274 Å². The third-order valence-corrected chi connectivity index (χ3v) is 8.53. The third-order valence-electron chi connectivity index (χ3n) is 8.53. The van der Waals surface area contributed by atoms with E-state index < -0.39 is 23.3 Å². The molecule has 0 N–H and O–H groups in total. The summed E-state index contributed by atoms with van der Waals surface area (Å²) in [6.45, 7) is 4.43. The van der Waals surface area contributed by atoms with Gasteiger partial charge in [0.05, 0.1) is 11.1 Å². The number of hydrogen-bond donors (Lipinski definition) is 0. The molecule has 3 rings (SSSR count). The molecule has 6 heteroatoms. The predicted molar refractivity (Wildman–Crippen MR) is 181 cm³/mol. The number of halogens is 4. The normalized spacial score (nSPS) is 12.0. The van der Waals surface area contributed by atoms with Gasteiger partial charge in [0.2, 0.25) is 0 Å². The van der Waals surface area contributed by atoms with Crippen LogP contribution in [0.5, 0.6) is 11.5 Å². The van der Waals surface area contributed by atoms with Gasteiger partial charge in [0.15, 0.2) is 0 Å². The molecule has 0 aliphatic carbocycles. The molecule has 0 aromatic heterocycles. The Morgan fingerprint density at radius 3 is 0.978 bits per heavy atom. The molecule has 0 bridgehead atoms. The van der Waals surface area contributed by atoms with Gasteiger partial charge in [-0.1, -0.05) is 128 Å². The van der Waals surface area contributed by atoms with Crippen molar-refractivity contribution in [3.05, 3.63) is 95.1 Å². The lowest BCUT2D eigenvalue weighted by Gasteiger charge is -2.21. The quantitative estimate of drug-likeness (QED) is 0.0715. The van der Waals surface area contributed by atoms with Crippen LogP contribution < -0.4 is 9.47 Å². The topological polar surface area (TPSA) is 18.5 Å². The lowest BCUT2D eigenvalue weighted by atomic mass is 10.0. The minimum Gasteiger partial charge on any atom is -0.429 e. The molecule has 0 fully saturated rings. The van der Waals surface area contributed by atoms with E-state index >= 15 is 0 Å². The molecule has 2 nitrogen and oxygen atoms in total. The highest BCUT2D eigenvalue weighted by atomic mass is 19.3. The third kappa shape index (κ3) is 13.8. The smallest absolute Gasteiger partial charge is 0.426 e. The molecule has 0 atom stereocenters. The molecule has 0 aliphatic rings. The van der Waals surface area contributed by atoms with Crippen molar-refractivity contribution in [3.8, 4) is 11.5 Å². The van der Waals surface area contributed by atoms with Crippen molar-refractivity contribution >= 4 is 0 Å². The van der Waals surface area contributed by atoms with Crippen molar-refractivity contribution in [1.29, 1.82) is 0 Å². The van der Waals surface area contributed by atoms with Crippen LogP contribution in [-0.2, 0) is 25.1 Å². The maximum absolute atomic E-state index is 14.9. The molecule has 254 valence electrons. The summed E-state index contributed by atoms with van der Waals surface area (Å²) in [7, 11) is 0. The molecule has 3 aromatic rings. The number of benzene rings is 3. The van der Waals surface area contributed by atoms with Crippen LogP contribution in [0, 0.1) is 0 Å². The van der Waals surface area contributed by atoms with E-state index in [0.29, 0.717) is 0 Å². The fraction of sp³-hybridized carbons (Fsp3) is 0.550. The van der Waals surface area contributed by atoms with Gasteiger partial charge < -0.3 is 9.47 Å². The Hall–Kier alpha value is -3.02. The van der Waals surface area contributed by atoms with Crippen LogP contribution in [0.1, 0.15) is 139 Å². The van der Waals surface area contributed by atoms with Crippen molar-refractivity contribution in [1.82, 2.24) is 0 Å². The molecule has 0 radical (unpaired) electrons. The molecular weight excluding hydrogens is 588 g/mol. The molecule has 0 aliphatic heterocycles. The van der Waals surface area contributed by atoms with Crippen molar-refractivity contribution in [2.75, 3.05) is 0 Å². The second-order valence-electron chi connectivity index (χ2n) is 12.6. The highest BCUT2D eigenvalue weighted by Gasteiger charge is 2.38. The highest BCUT2D eigenvalue weighted by Crippen LogP contribution is 2.36. The maximum atomic E-state index is 14.9. The van der Waals surface area contributed by atoms with Crippen molar-refractivity contribution in [3.63, 3.8) is 0 Å². The van der Waals surface area contributed by atoms with Gasteiger partial charge in [0, 0.05) is 0 Å². The summed E-state index contributed by atoms with van der Waals surface area (Å²) in [6, 6.07) is 17.2. The van der Waals surface area contributed by atoms with Crippen molar-refractivity contribution < 1.29 is 27.0 Å². The Bertz CT molecular complexity index is 1110. The van der Waals surface area contributed by atoms with E-state index in [1.807, 2.05) is 0 Å². The van der Waals surface area contributed by atoms with Gasteiger partial charge in [-0.25, -0.2) is 0 Å². The van der Waals surface area contributed by atoms with Crippen LogP contribution in [0.2, 0.25) is 0 Å². The second kappa shape index (κ2) is 20.3. The first kappa shape index (κ1) is 37.4. The summed E-state index contributed by atoms with van der Waals surface area (Å²) in [5.41, 5.74) is 1.12. The van der Waals surface area contributed by atoms with E-state index in [4.69, 9.17) is 9.47 Å². The van der Waals surface area contributed by atoms with Gasteiger partial charge in [-0.3, -0.25) is 0 Å². The fourth-order valence-electron chi connectivity index (χ4n) is 5.65. The minimum absolute atomic E-state index is 0.0215. The van der Waals surface area contributed by atoms with E-state index in [0.717, 1.165) is 73.9 Å². The zero-order valence-corrected chi connectivity index (χ0v) is 28.0. The zero-order chi connectivity index (χ0) is 33.1. The van der Waals surface area contributed by atoms with Gasteiger partial charge in [-0.2, -0.15) is 17.6 Å². The van der Waals surface area contributed by atoms with Gasteiger partial charge >= 0.3 is 12.2 Å². The molecule has 0 amide bonds. The van der Waals surface area contributed by atoms with Gasteiger partial charge in [0.1, 0.15) is 11.5 Å². The molecule has 0 saturated carbocycles. The first-order chi connectivity index (χ1) is 22.2. The first-order valence-electron chi connectivity index (χ1n) is 17.7. The molecule has 0 unspecified atom stereocenters. The highest BCUT2D eigenvalue weighted by molar-refractivity contribution is 5.32. The van der Waals surface area contributed by atoms with E-state index in [-0.39, 0.29) is 11.5 Å². The Morgan fingerprint density at radius 1 is 0.391 bits per heavy atom. The fourth-order valence-corrected chi connectivity index (χ4v) is 5.65. The average Bonchev–Trinajstić information content (AvgIpc) is 3.05. The second-order valence-corrected chi connectivity index (χ2v) is 12.6. The van der Waals surface area contributed by atoms with E-state index in [1.165, 1.54) is 101 Å². The number of hydrogen-bond acceptors (Lipinski definition) is 2. The first-order valence-corrected chi connectivity index (χ1v) is 17.7. The molecule has 3 aromatic carbocycles. The van der Waals surface area contributed by atoms with Crippen molar-refractivity contribution in [2.45, 2.75) is 142 Å². The lowest BCUT2D eigenvalue weighted by molar-refractivity contribution is -0.188. The van der Waals surface area contributed by atoms with Gasteiger partial charge in [-0.15, -0.1) is 0 Å². The molecule has 0 heterocycles. The monoisotopic (exact) mass is 642 g/mol. The SMILES string of the molecule is CCCCCCCCCCc1ccc(OC(F)(F)c2ccc(C(F)(F)Oc3ccc(CCCCCCCCCC)cc3)cc2)cc1. The largest absolute Gasteiger partial charge is 0.429 e. The Kier molecular flexibility index (Phi) is 16.5. The summed E-state index contributed by atoms with van der Waals surface area (Å²) in [6.07, 6.45) is 14.2. The Morgan fingerprint density at radius 2 is 0.674 bits per heavy atom. The van der Waals surface area contributed by atoms with E-state index in [1.54, 1.807) is 24.3 Å². The van der Waals surface area contributed by atoms with Gasteiger partial charge in [0.25, 0.3) is 0 Å². The summed E-state index contributed by atoms with van der Waals surface area (Å²) in [4.78, 5) is 0. The molecule has 0 spiro atoms. The van der Waals surface area contributed by atoms with Crippen molar-refractivity contribution in [2.24, 2.45) is 0 Å². The van der Waals surface area contributed by atoms with Crippen LogP contribution in [0.15, 0.2) is 72.8 Å². The number of rotatable bonds is 24. The standard InChI is InChI=1S/C40H54F4O2/c1-3-5-7-9-11-13-15-17-19-33-21-29-37(30-22-33)45-39(41,42)35-25-27-36(28-26-35)40(43,44)46-38-31-23-34(24-32-38)20-18-16-14-12-10-8-6-4-2/h21-32H,3-20H2,1-2H3. The number of unbranched alkanes of at least 4 members (excludes halogenated alkanes) is 14. The summed E-state index contributed by atoms with van der Waals surface area (Å²) in [5, 5.41) is 0. The summed E-state index contributed by atoms with van der Waals surface area (Å²) >= 11 is 0. The summed E-state index contributed by atoms with van der Waals surface area (Å²) in [5.74, 6) is 0.0431. The number of ether oxygens (including phenoxy) is 2. The van der Waals surface area contributed by atoms with Crippen LogP contribution in [-0.4, -0.2) is 0 Å². The average molecular weight is 643 g/mol. The van der Waals surface area contributed by atoms with Crippen LogP contribution in [0.4, 0.5) is 17.6 Å². The number of aryl methyl sites for hydroxylation is 2. The van der Waals surface area contributed by atoms with Crippen LogP contribution in [0.3, 0.4) is 0 Å². The summed E-state index contributed by atoms with van der Waals surface area (Å²) < 4.78 is 69.6. The van der Waals surface area contributed by atoms with Gasteiger partial charge in [-0.05, 0) is 85.3 Å². The van der Waals surface area contributed by atoms with E-state index in [2.05, 4.69) is 13.8 Å². The van der Waals surface area contributed by atoms with Crippen LogP contribution in [0.25, 0.3) is 0 Å². The van der Waals surface area contributed by atoms with Crippen LogP contribution >= 0.6 is 0 Å². The molecular formula is C40H54F4O2. The lowest BCUT2D eigenvalue weighted by Crippen LogP contribution is -2.24. The maximum Gasteiger partial charge on any atom is 0.426 e. The molecule has 0 saturated heterocycles. The van der Waals surface area contributed by atoms with E-state index in [9.17, 15) is 17.6 Å². The molecule has 46 heavy (non-hydrogen) atoms. The minimum atomic E-state index is -3.68. The predicted octanol–water partition coefficient (Wildman–Crippen LogP) is 13.3. The number of alkyl halides is 4. The Balaban J connectivity index is 1.43.